The van der Waals surface area contributed by atoms with Crippen LogP contribution in [0.2, 0.25) is 0 Å². The van der Waals surface area contributed by atoms with Crippen LogP contribution in [-0.4, -0.2) is 44.4 Å². The SMILES string of the molecule is COC1C2CCC1[N+](C)(C)CC2. The zero-order chi connectivity index (χ0) is 8.77. The normalized spacial score (nSPS) is 44.8. The molecular formula is C10H20NO+. The van der Waals surface area contributed by atoms with Crippen molar-refractivity contribution in [3.05, 3.63) is 0 Å². The third-order valence-corrected chi connectivity index (χ3v) is 3.92. The van der Waals surface area contributed by atoms with Crippen molar-refractivity contribution in [3.8, 4) is 0 Å². The van der Waals surface area contributed by atoms with Gasteiger partial charge >= 0.3 is 0 Å². The average Bonchev–Trinajstić information content (AvgIpc) is 2.37. The highest BCUT2D eigenvalue weighted by Gasteiger charge is 2.49. The van der Waals surface area contributed by atoms with E-state index in [4.69, 9.17) is 4.74 Å². The van der Waals surface area contributed by atoms with E-state index in [0.717, 1.165) is 12.0 Å². The summed E-state index contributed by atoms with van der Waals surface area (Å²) >= 11 is 0. The summed E-state index contributed by atoms with van der Waals surface area (Å²) in [5.74, 6) is 0.867. The van der Waals surface area contributed by atoms with Gasteiger partial charge in [-0.2, -0.15) is 0 Å². The highest BCUT2D eigenvalue weighted by atomic mass is 16.5. The second-order valence-corrected chi connectivity index (χ2v) is 4.90. The molecule has 2 heteroatoms. The van der Waals surface area contributed by atoms with E-state index in [9.17, 15) is 0 Å². The van der Waals surface area contributed by atoms with Crippen molar-refractivity contribution in [1.82, 2.24) is 0 Å². The van der Waals surface area contributed by atoms with E-state index in [0.29, 0.717) is 6.10 Å². The smallest absolute Gasteiger partial charge is 0.115 e. The van der Waals surface area contributed by atoms with Gasteiger partial charge in [0.15, 0.2) is 0 Å². The van der Waals surface area contributed by atoms with Crippen molar-refractivity contribution in [1.29, 1.82) is 0 Å². The average molecular weight is 170 g/mol. The fourth-order valence-electron chi connectivity index (χ4n) is 3.10. The molecule has 0 N–H and O–H groups in total. The Bertz CT molecular complexity index is 179. The first-order chi connectivity index (χ1) is 5.65. The Morgan fingerprint density at radius 2 is 1.92 bits per heavy atom. The second kappa shape index (κ2) is 2.71. The minimum absolute atomic E-state index is 0.550. The molecule has 2 nitrogen and oxygen atoms in total. The van der Waals surface area contributed by atoms with E-state index in [1.165, 1.54) is 30.3 Å². The van der Waals surface area contributed by atoms with Crippen molar-refractivity contribution >= 4 is 0 Å². The number of likely N-dealkylation sites (N-methyl/N-ethyl adjacent to an activating group) is 1. The van der Waals surface area contributed by atoms with E-state index in [2.05, 4.69) is 14.1 Å². The topological polar surface area (TPSA) is 9.23 Å². The molecule has 70 valence electrons. The van der Waals surface area contributed by atoms with Gasteiger partial charge in [0.1, 0.15) is 12.1 Å². The number of piperidine rings is 1. The summed E-state index contributed by atoms with van der Waals surface area (Å²) < 4.78 is 6.77. The van der Waals surface area contributed by atoms with Crippen LogP contribution in [0.1, 0.15) is 19.3 Å². The molecule has 2 fully saturated rings. The van der Waals surface area contributed by atoms with Crippen molar-refractivity contribution in [2.24, 2.45) is 5.92 Å². The number of fused-ring (bicyclic) bond motifs is 2. The van der Waals surface area contributed by atoms with Crippen LogP contribution < -0.4 is 0 Å². The number of quaternary nitrogens is 1. The lowest BCUT2D eigenvalue weighted by Gasteiger charge is -2.43. The summed E-state index contributed by atoms with van der Waals surface area (Å²) in [4.78, 5) is 0. The highest BCUT2D eigenvalue weighted by Crippen LogP contribution is 2.40. The molecule has 1 saturated heterocycles. The van der Waals surface area contributed by atoms with E-state index in [-0.39, 0.29) is 0 Å². The van der Waals surface area contributed by atoms with Gasteiger partial charge in [-0.15, -0.1) is 0 Å². The molecule has 0 amide bonds. The maximum Gasteiger partial charge on any atom is 0.115 e. The Labute approximate surface area is 75.1 Å². The number of hydrogen-bond donors (Lipinski definition) is 0. The molecule has 1 aliphatic heterocycles. The zero-order valence-electron chi connectivity index (χ0n) is 8.42. The van der Waals surface area contributed by atoms with Crippen LogP contribution in [0, 0.1) is 5.92 Å². The first kappa shape index (κ1) is 8.52. The van der Waals surface area contributed by atoms with Gasteiger partial charge in [0.25, 0.3) is 0 Å². The summed E-state index contributed by atoms with van der Waals surface area (Å²) in [6, 6.07) is 0.772. The van der Waals surface area contributed by atoms with Crippen LogP contribution in [-0.2, 0) is 4.74 Å². The summed E-state index contributed by atoms with van der Waals surface area (Å²) in [5.41, 5.74) is 0. The monoisotopic (exact) mass is 170 g/mol. The van der Waals surface area contributed by atoms with Gasteiger partial charge in [-0.1, -0.05) is 0 Å². The van der Waals surface area contributed by atoms with E-state index < -0.39 is 0 Å². The number of ether oxygens (including phenoxy) is 1. The van der Waals surface area contributed by atoms with Gasteiger partial charge in [-0.05, 0) is 12.3 Å². The third-order valence-electron chi connectivity index (χ3n) is 3.92. The minimum atomic E-state index is 0.550. The van der Waals surface area contributed by atoms with Crippen LogP contribution in [0.15, 0.2) is 0 Å². The van der Waals surface area contributed by atoms with Gasteiger partial charge < -0.3 is 9.22 Å². The van der Waals surface area contributed by atoms with Crippen LogP contribution in [0.4, 0.5) is 0 Å². The Hall–Kier alpha value is -0.0800. The Balaban J connectivity index is 2.18. The minimum Gasteiger partial charge on any atom is -0.375 e. The molecule has 1 saturated carbocycles. The second-order valence-electron chi connectivity index (χ2n) is 4.90. The maximum atomic E-state index is 5.60. The molecule has 1 heterocycles. The first-order valence-electron chi connectivity index (χ1n) is 5.00. The molecule has 3 atom stereocenters. The number of hydrogen-bond acceptors (Lipinski definition) is 1. The number of rotatable bonds is 1. The van der Waals surface area contributed by atoms with E-state index in [1.54, 1.807) is 0 Å². The largest absolute Gasteiger partial charge is 0.375 e. The van der Waals surface area contributed by atoms with Gasteiger partial charge in [0.05, 0.1) is 20.6 Å². The quantitative estimate of drug-likeness (QED) is 0.538. The molecule has 12 heavy (non-hydrogen) atoms. The third kappa shape index (κ3) is 1.09. The molecule has 2 aliphatic rings. The standard InChI is InChI=1S/C10H20NO/c1-11(2)7-6-8-4-5-9(11)10(8)12-3/h8-10H,4-7H2,1-3H3/q+1. The van der Waals surface area contributed by atoms with E-state index >= 15 is 0 Å². The molecule has 2 bridgehead atoms. The van der Waals surface area contributed by atoms with Crippen molar-refractivity contribution < 1.29 is 9.22 Å². The molecule has 0 aromatic rings. The molecule has 3 unspecified atom stereocenters. The Morgan fingerprint density at radius 1 is 1.17 bits per heavy atom. The Kier molecular flexibility index (Phi) is 1.92. The van der Waals surface area contributed by atoms with E-state index in [1.807, 2.05) is 7.11 Å². The van der Waals surface area contributed by atoms with Gasteiger partial charge in [-0.3, -0.25) is 0 Å². The van der Waals surface area contributed by atoms with Crippen LogP contribution in [0.3, 0.4) is 0 Å². The van der Waals surface area contributed by atoms with Crippen molar-refractivity contribution in [2.75, 3.05) is 27.7 Å². The molecule has 0 radical (unpaired) electrons. The molecule has 0 spiro atoms. The van der Waals surface area contributed by atoms with Gasteiger partial charge in [0, 0.05) is 20.0 Å². The van der Waals surface area contributed by atoms with Crippen LogP contribution in [0.5, 0.6) is 0 Å². The van der Waals surface area contributed by atoms with Crippen LogP contribution >= 0.6 is 0 Å². The summed E-state index contributed by atoms with van der Waals surface area (Å²) in [7, 11) is 6.57. The summed E-state index contributed by atoms with van der Waals surface area (Å²) in [6.45, 7) is 1.34. The summed E-state index contributed by atoms with van der Waals surface area (Å²) in [6.07, 6.45) is 4.68. The maximum absolute atomic E-state index is 5.60. The van der Waals surface area contributed by atoms with Gasteiger partial charge in [-0.25, -0.2) is 0 Å². The lowest BCUT2D eigenvalue weighted by Crippen LogP contribution is -2.57. The molecule has 2 rings (SSSR count). The number of methoxy groups -OCH3 is 1. The molecule has 0 aromatic carbocycles. The number of likely N-dealkylation sites (tertiary alicyclic amines) is 1. The first-order valence-corrected chi connectivity index (χ1v) is 5.00. The lowest BCUT2D eigenvalue weighted by molar-refractivity contribution is -0.922. The zero-order valence-corrected chi connectivity index (χ0v) is 8.42. The summed E-state index contributed by atoms with van der Waals surface area (Å²) in [5, 5.41) is 0. The highest BCUT2D eigenvalue weighted by molar-refractivity contribution is 4.90. The lowest BCUT2D eigenvalue weighted by atomic mass is 9.94. The fraction of sp³-hybridized carbons (Fsp3) is 1.00. The molecular weight excluding hydrogens is 150 g/mol. The molecule has 0 aromatic heterocycles. The Morgan fingerprint density at radius 3 is 2.50 bits per heavy atom. The van der Waals surface area contributed by atoms with Crippen LogP contribution in [0.25, 0.3) is 0 Å². The number of nitrogens with zero attached hydrogens (tertiary/aromatic N) is 1. The van der Waals surface area contributed by atoms with Crippen molar-refractivity contribution in [3.63, 3.8) is 0 Å². The predicted molar refractivity (Wildman–Crippen MR) is 48.9 cm³/mol. The van der Waals surface area contributed by atoms with Crippen molar-refractivity contribution in [2.45, 2.75) is 31.4 Å². The predicted octanol–water partition coefficient (Wildman–Crippen LogP) is 1.26. The molecule has 1 aliphatic carbocycles. The fourth-order valence-corrected chi connectivity index (χ4v) is 3.10. The van der Waals surface area contributed by atoms with Gasteiger partial charge in [0.2, 0.25) is 0 Å².